The average molecular weight is 373 g/mol. The Morgan fingerprint density at radius 2 is 2.13 bits per heavy atom. The maximum atomic E-state index is 13.2. The van der Waals surface area contributed by atoms with Crippen LogP contribution < -0.4 is 5.32 Å². The van der Waals surface area contributed by atoms with E-state index in [2.05, 4.69) is 10.3 Å². The van der Waals surface area contributed by atoms with E-state index in [1.54, 1.807) is 0 Å². The monoisotopic (exact) mass is 373 g/mol. The van der Waals surface area contributed by atoms with Gasteiger partial charge in [-0.15, -0.1) is 11.3 Å². The molecule has 23 heavy (non-hydrogen) atoms. The largest absolute Gasteiger partial charge is 0.434 e. The van der Waals surface area contributed by atoms with E-state index in [1.807, 2.05) is 0 Å². The molecule has 2 unspecified atom stereocenters. The number of halogens is 4. The SMILES string of the molecule is CC(C)(C(=O)Nc1nc(C(F)(F)F)cs1)S(=O)N1CCC(F)C1. The lowest BCUT2D eigenvalue weighted by Gasteiger charge is -2.27. The van der Waals surface area contributed by atoms with Crippen molar-refractivity contribution in [2.24, 2.45) is 0 Å². The van der Waals surface area contributed by atoms with Crippen molar-refractivity contribution in [3.8, 4) is 0 Å². The fourth-order valence-corrected chi connectivity index (χ4v) is 4.09. The zero-order valence-electron chi connectivity index (χ0n) is 12.3. The Labute approximate surface area is 136 Å². The highest BCUT2D eigenvalue weighted by Crippen LogP contribution is 2.32. The molecule has 0 spiro atoms. The van der Waals surface area contributed by atoms with E-state index in [4.69, 9.17) is 0 Å². The minimum Gasteiger partial charge on any atom is -0.301 e. The fraction of sp³-hybridized carbons (Fsp3) is 0.667. The first-order valence-corrected chi connectivity index (χ1v) is 8.65. The highest BCUT2D eigenvalue weighted by Gasteiger charge is 2.41. The van der Waals surface area contributed by atoms with Gasteiger partial charge in [0.05, 0.1) is 0 Å². The highest BCUT2D eigenvalue weighted by molar-refractivity contribution is 7.85. The van der Waals surface area contributed by atoms with Crippen molar-refractivity contribution in [1.29, 1.82) is 0 Å². The Hall–Kier alpha value is -1.07. The summed E-state index contributed by atoms with van der Waals surface area (Å²) in [5.41, 5.74) is -1.10. The van der Waals surface area contributed by atoms with Crippen molar-refractivity contribution in [2.45, 2.75) is 37.4 Å². The predicted octanol–water partition coefficient (Wildman–Crippen LogP) is 2.59. The lowest BCUT2D eigenvalue weighted by molar-refractivity contribution is -0.140. The molecule has 2 heterocycles. The molecular formula is C12H15F4N3O2S2. The minimum atomic E-state index is -4.59. The molecule has 1 saturated heterocycles. The van der Waals surface area contributed by atoms with E-state index in [9.17, 15) is 26.6 Å². The second-order valence-corrected chi connectivity index (χ2v) is 8.42. The summed E-state index contributed by atoms with van der Waals surface area (Å²) in [7, 11) is -1.80. The molecule has 11 heteroatoms. The van der Waals surface area contributed by atoms with Crippen LogP contribution in [0.4, 0.5) is 22.7 Å². The first kappa shape index (κ1) is 18.3. The molecule has 1 aromatic heterocycles. The third-order valence-electron chi connectivity index (χ3n) is 3.33. The number of carbonyl (C=O) groups excluding carboxylic acids is 1. The van der Waals surface area contributed by atoms with Crippen LogP contribution in [0.5, 0.6) is 0 Å². The number of amides is 1. The van der Waals surface area contributed by atoms with Gasteiger partial charge in [0, 0.05) is 18.5 Å². The lowest BCUT2D eigenvalue weighted by Crippen LogP contribution is -2.47. The van der Waals surface area contributed by atoms with Crippen LogP contribution in [0.3, 0.4) is 0 Å². The number of nitrogens with zero attached hydrogens (tertiary/aromatic N) is 2. The molecule has 2 rings (SSSR count). The number of carbonyl (C=O) groups is 1. The van der Waals surface area contributed by atoms with E-state index >= 15 is 0 Å². The van der Waals surface area contributed by atoms with Crippen molar-refractivity contribution in [3.63, 3.8) is 0 Å². The summed E-state index contributed by atoms with van der Waals surface area (Å²) in [5.74, 6) is -0.735. The van der Waals surface area contributed by atoms with Crippen LogP contribution in [0.1, 0.15) is 26.0 Å². The van der Waals surface area contributed by atoms with E-state index in [-0.39, 0.29) is 24.6 Å². The molecule has 2 atom stereocenters. The molecule has 130 valence electrons. The van der Waals surface area contributed by atoms with Crippen LogP contribution in [-0.2, 0) is 22.0 Å². The molecule has 0 saturated carbocycles. The maximum absolute atomic E-state index is 13.2. The van der Waals surface area contributed by atoms with E-state index in [0.29, 0.717) is 11.3 Å². The summed E-state index contributed by atoms with van der Waals surface area (Å²) in [4.78, 5) is 15.5. The Bertz CT molecular complexity index is 618. The minimum absolute atomic E-state index is 0.0290. The topological polar surface area (TPSA) is 62.3 Å². The molecule has 0 aromatic carbocycles. The third-order valence-corrected chi connectivity index (χ3v) is 5.94. The molecule has 1 aromatic rings. The van der Waals surface area contributed by atoms with Crippen molar-refractivity contribution in [2.75, 3.05) is 18.4 Å². The van der Waals surface area contributed by atoms with Crippen LogP contribution in [0.2, 0.25) is 0 Å². The third kappa shape index (κ3) is 4.07. The van der Waals surface area contributed by atoms with Crippen LogP contribution in [0, 0.1) is 0 Å². The number of hydrogen-bond donors (Lipinski definition) is 1. The van der Waals surface area contributed by atoms with Crippen molar-refractivity contribution < 1.29 is 26.6 Å². The fourth-order valence-electron chi connectivity index (χ4n) is 1.95. The van der Waals surface area contributed by atoms with Gasteiger partial charge in [-0.3, -0.25) is 4.79 Å². The van der Waals surface area contributed by atoms with Gasteiger partial charge in [-0.2, -0.15) is 13.2 Å². The Kier molecular flexibility index (Phi) is 5.12. The molecule has 5 nitrogen and oxygen atoms in total. The maximum Gasteiger partial charge on any atom is 0.434 e. The Morgan fingerprint density at radius 3 is 2.61 bits per heavy atom. The summed E-state index contributed by atoms with van der Waals surface area (Å²) >= 11 is 0.630. The lowest BCUT2D eigenvalue weighted by atomic mass is 10.2. The van der Waals surface area contributed by atoms with Crippen molar-refractivity contribution in [3.05, 3.63) is 11.1 Å². The van der Waals surface area contributed by atoms with Gasteiger partial charge in [0.25, 0.3) is 0 Å². The normalized spacial score (nSPS) is 21.4. The van der Waals surface area contributed by atoms with E-state index in [0.717, 1.165) is 5.38 Å². The smallest absolute Gasteiger partial charge is 0.301 e. The van der Waals surface area contributed by atoms with Gasteiger partial charge in [-0.1, -0.05) is 0 Å². The van der Waals surface area contributed by atoms with Gasteiger partial charge < -0.3 is 5.32 Å². The number of anilines is 1. The van der Waals surface area contributed by atoms with Gasteiger partial charge in [0.2, 0.25) is 5.91 Å². The molecule has 1 N–H and O–H groups in total. The van der Waals surface area contributed by atoms with Crippen molar-refractivity contribution in [1.82, 2.24) is 9.29 Å². The second-order valence-electron chi connectivity index (χ2n) is 5.52. The number of hydrogen-bond acceptors (Lipinski definition) is 4. The van der Waals surface area contributed by atoms with Crippen molar-refractivity contribution >= 4 is 33.4 Å². The predicted molar refractivity (Wildman–Crippen MR) is 79.1 cm³/mol. The molecule has 0 bridgehead atoms. The van der Waals surface area contributed by atoms with Gasteiger partial charge in [0.1, 0.15) is 21.9 Å². The summed E-state index contributed by atoms with van der Waals surface area (Å²) in [6, 6.07) is 0. The molecule has 1 aliphatic heterocycles. The highest BCUT2D eigenvalue weighted by atomic mass is 32.2. The van der Waals surface area contributed by atoms with Crippen LogP contribution >= 0.6 is 11.3 Å². The summed E-state index contributed by atoms with van der Waals surface area (Å²) in [6.07, 6.45) is -5.44. The number of thiazole rings is 1. The van der Waals surface area contributed by atoms with Gasteiger partial charge in [-0.05, 0) is 20.3 Å². The standard InChI is InChI=1S/C12H15F4N3O2S2/c1-11(2,23(21)19-4-3-7(13)5-19)9(20)18-10-17-8(6-22-10)12(14,15)16/h6-7H,3-5H2,1-2H3,(H,17,18,20). The molecule has 0 aliphatic carbocycles. The van der Waals surface area contributed by atoms with E-state index < -0.39 is 39.7 Å². The van der Waals surface area contributed by atoms with Gasteiger partial charge in [-0.25, -0.2) is 17.9 Å². The molecule has 0 radical (unpaired) electrons. The average Bonchev–Trinajstić information content (AvgIpc) is 3.06. The molecular weight excluding hydrogens is 358 g/mol. The zero-order valence-corrected chi connectivity index (χ0v) is 13.9. The molecule has 1 fully saturated rings. The molecule has 1 aliphatic rings. The van der Waals surface area contributed by atoms with Gasteiger partial charge >= 0.3 is 6.18 Å². The number of nitrogens with one attached hydrogen (secondary N) is 1. The summed E-state index contributed by atoms with van der Waals surface area (Å²) in [6.45, 7) is 3.02. The zero-order chi connectivity index (χ0) is 17.4. The number of alkyl halides is 4. The second kappa shape index (κ2) is 6.44. The van der Waals surface area contributed by atoms with Crippen LogP contribution in [0.25, 0.3) is 0 Å². The first-order chi connectivity index (χ1) is 10.5. The molecule has 1 amide bonds. The summed E-state index contributed by atoms with van der Waals surface area (Å²) in [5, 5.41) is 2.81. The Morgan fingerprint density at radius 1 is 1.48 bits per heavy atom. The van der Waals surface area contributed by atoms with Crippen LogP contribution in [0.15, 0.2) is 5.38 Å². The Balaban J connectivity index is 2.06. The quantitative estimate of drug-likeness (QED) is 0.826. The van der Waals surface area contributed by atoms with Gasteiger partial charge in [0.15, 0.2) is 10.8 Å². The number of rotatable bonds is 4. The first-order valence-electron chi connectivity index (χ1n) is 6.67. The summed E-state index contributed by atoms with van der Waals surface area (Å²) < 4.78 is 63.0. The van der Waals surface area contributed by atoms with Crippen LogP contribution in [-0.4, -0.2) is 43.4 Å². The van der Waals surface area contributed by atoms with E-state index in [1.165, 1.54) is 18.2 Å². The number of aromatic nitrogens is 1.